The van der Waals surface area contributed by atoms with Crippen LogP contribution in [-0.2, 0) is 9.59 Å². The van der Waals surface area contributed by atoms with E-state index in [1.54, 1.807) is 6.20 Å². The summed E-state index contributed by atoms with van der Waals surface area (Å²) in [7, 11) is 0. The van der Waals surface area contributed by atoms with Crippen LogP contribution in [0, 0.1) is 10.8 Å². The summed E-state index contributed by atoms with van der Waals surface area (Å²) >= 11 is 1.43. The Balaban J connectivity index is 1.44. The van der Waals surface area contributed by atoms with Crippen LogP contribution in [0.1, 0.15) is 19.3 Å². The van der Waals surface area contributed by atoms with Crippen LogP contribution in [0.25, 0.3) is 10.4 Å². The fraction of sp³-hybridized carbons (Fsp3) is 0.312. The molecular weight excluding hydrogens is 300 g/mol. The molecule has 0 unspecified atom stereocenters. The minimum Gasteiger partial charge on any atom is -0.481 e. The maximum Gasteiger partial charge on any atom is 0.309 e. The first-order chi connectivity index (χ1) is 10.5. The van der Waals surface area contributed by atoms with E-state index in [0.717, 1.165) is 10.4 Å². The van der Waals surface area contributed by atoms with Crippen molar-refractivity contribution in [2.75, 3.05) is 5.32 Å². The molecule has 3 fully saturated rings. The van der Waals surface area contributed by atoms with Gasteiger partial charge in [-0.2, -0.15) is 0 Å². The van der Waals surface area contributed by atoms with Crippen LogP contribution in [0.3, 0.4) is 0 Å². The fourth-order valence-corrected chi connectivity index (χ4v) is 4.37. The third kappa shape index (κ3) is 1.80. The van der Waals surface area contributed by atoms with Gasteiger partial charge in [-0.05, 0) is 24.8 Å². The third-order valence-corrected chi connectivity index (χ3v) is 5.71. The normalized spacial score (nSPS) is 28.4. The number of carboxylic acids is 1. The number of nitrogens with zero attached hydrogens (tertiary/aromatic N) is 1. The van der Waals surface area contributed by atoms with Crippen molar-refractivity contribution in [2.24, 2.45) is 10.8 Å². The predicted octanol–water partition coefficient (Wildman–Crippen LogP) is 3.00. The molecule has 6 heteroatoms. The number of hydrogen-bond acceptors (Lipinski definition) is 4. The number of carbonyl (C=O) groups is 2. The second kappa shape index (κ2) is 4.39. The van der Waals surface area contributed by atoms with Crippen molar-refractivity contribution >= 4 is 28.3 Å². The van der Waals surface area contributed by atoms with Crippen molar-refractivity contribution in [3.63, 3.8) is 0 Å². The van der Waals surface area contributed by atoms with Gasteiger partial charge in [0.25, 0.3) is 0 Å². The maximum atomic E-state index is 12.3. The summed E-state index contributed by atoms with van der Waals surface area (Å²) < 4.78 is 0. The molecule has 2 aromatic rings. The summed E-state index contributed by atoms with van der Waals surface area (Å²) in [5, 5.41) is 12.5. The lowest BCUT2D eigenvalue weighted by atomic mass is 9.35. The molecule has 1 aromatic heterocycles. The number of benzene rings is 1. The Morgan fingerprint density at radius 3 is 2.45 bits per heavy atom. The average molecular weight is 314 g/mol. The zero-order chi connectivity index (χ0) is 15.4. The van der Waals surface area contributed by atoms with E-state index in [-0.39, 0.29) is 5.91 Å². The number of rotatable bonds is 4. The molecule has 1 amide bonds. The van der Waals surface area contributed by atoms with Gasteiger partial charge in [-0.25, -0.2) is 4.98 Å². The van der Waals surface area contributed by atoms with Gasteiger partial charge in [0.05, 0.1) is 15.7 Å². The lowest BCUT2D eigenvalue weighted by Gasteiger charge is -2.66. The maximum absolute atomic E-state index is 12.3. The van der Waals surface area contributed by atoms with E-state index in [2.05, 4.69) is 10.3 Å². The topological polar surface area (TPSA) is 79.3 Å². The van der Waals surface area contributed by atoms with Crippen LogP contribution in [0.2, 0.25) is 0 Å². The molecule has 3 aliphatic carbocycles. The highest BCUT2D eigenvalue weighted by molar-refractivity contribution is 7.19. The number of amides is 1. The molecule has 2 N–H and O–H groups in total. The van der Waals surface area contributed by atoms with Crippen molar-refractivity contribution in [3.8, 4) is 10.4 Å². The molecule has 22 heavy (non-hydrogen) atoms. The highest BCUT2D eigenvalue weighted by atomic mass is 32.1. The molecule has 5 rings (SSSR count). The summed E-state index contributed by atoms with van der Waals surface area (Å²) in [6.45, 7) is 0. The van der Waals surface area contributed by atoms with E-state index in [0.29, 0.717) is 24.4 Å². The molecule has 0 atom stereocenters. The summed E-state index contributed by atoms with van der Waals surface area (Å²) in [4.78, 5) is 28.7. The van der Waals surface area contributed by atoms with E-state index in [1.807, 2.05) is 30.3 Å². The van der Waals surface area contributed by atoms with Crippen LogP contribution in [0.4, 0.5) is 5.13 Å². The Hall–Kier alpha value is -2.21. The molecule has 0 saturated heterocycles. The third-order valence-electron chi connectivity index (χ3n) is 4.75. The smallest absolute Gasteiger partial charge is 0.309 e. The molecule has 0 aliphatic heterocycles. The highest BCUT2D eigenvalue weighted by Gasteiger charge is 2.75. The lowest BCUT2D eigenvalue weighted by molar-refractivity contribution is -0.217. The average Bonchev–Trinajstić information content (AvgIpc) is 2.84. The fourth-order valence-electron chi connectivity index (χ4n) is 3.55. The van der Waals surface area contributed by atoms with Crippen LogP contribution in [0.5, 0.6) is 0 Å². The second-order valence-corrected chi connectivity index (χ2v) is 7.28. The van der Waals surface area contributed by atoms with E-state index < -0.39 is 16.8 Å². The van der Waals surface area contributed by atoms with E-state index in [4.69, 9.17) is 5.11 Å². The Kier molecular flexibility index (Phi) is 2.69. The van der Waals surface area contributed by atoms with Crippen molar-refractivity contribution in [2.45, 2.75) is 19.3 Å². The minimum absolute atomic E-state index is 0.0930. The molecule has 1 heterocycles. The number of carbonyl (C=O) groups excluding carboxylic acids is 1. The Morgan fingerprint density at radius 1 is 1.14 bits per heavy atom. The van der Waals surface area contributed by atoms with Crippen molar-refractivity contribution in [3.05, 3.63) is 36.5 Å². The molecule has 112 valence electrons. The highest BCUT2D eigenvalue weighted by Crippen LogP contribution is 2.73. The second-order valence-electron chi connectivity index (χ2n) is 6.25. The Labute approximate surface area is 131 Å². The number of carboxylic acid groups (broad SMARTS) is 1. The summed E-state index contributed by atoms with van der Waals surface area (Å²) in [5.41, 5.74) is -0.0392. The van der Waals surface area contributed by atoms with Gasteiger partial charge in [0.1, 0.15) is 0 Å². The molecule has 2 bridgehead atoms. The molecule has 5 nitrogen and oxygen atoms in total. The molecule has 3 aliphatic rings. The Morgan fingerprint density at radius 2 is 1.82 bits per heavy atom. The number of aromatic nitrogens is 1. The largest absolute Gasteiger partial charge is 0.481 e. The number of nitrogens with one attached hydrogen (secondary N) is 1. The zero-order valence-corrected chi connectivity index (χ0v) is 12.5. The SMILES string of the molecule is O=C(O)C12CC(C(=O)Nc3ncc(-c4ccccc4)s3)(C1)C2. The predicted molar refractivity (Wildman–Crippen MR) is 82.5 cm³/mol. The monoisotopic (exact) mass is 314 g/mol. The van der Waals surface area contributed by atoms with Crippen LogP contribution < -0.4 is 5.32 Å². The van der Waals surface area contributed by atoms with Gasteiger partial charge in [0, 0.05) is 6.20 Å². The summed E-state index contributed by atoms with van der Waals surface area (Å²) in [5.74, 6) is -0.868. The number of anilines is 1. The molecule has 1 aromatic carbocycles. The minimum atomic E-state index is -0.775. The van der Waals surface area contributed by atoms with E-state index in [1.165, 1.54) is 11.3 Å². The van der Waals surface area contributed by atoms with Gasteiger partial charge in [-0.3, -0.25) is 9.59 Å². The summed E-state index contributed by atoms with van der Waals surface area (Å²) in [6.07, 6.45) is 3.12. The van der Waals surface area contributed by atoms with E-state index in [9.17, 15) is 9.59 Å². The molecular formula is C16H14N2O3S. The van der Waals surface area contributed by atoms with Crippen LogP contribution >= 0.6 is 11.3 Å². The quantitative estimate of drug-likeness (QED) is 0.909. The van der Waals surface area contributed by atoms with Crippen molar-refractivity contribution in [1.29, 1.82) is 0 Å². The van der Waals surface area contributed by atoms with Gasteiger partial charge in [0.15, 0.2) is 5.13 Å². The van der Waals surface area contributed by atoms with Gasteiger partial charge in [-0.1, -0.05) is 41.7 Å². The van der Waals surface area contributed by atoms with Crippen LogP contribution in [0.15, 0.2) is 36.5 Å². The van der Waals surface area contributed by atoms with E-state index >= 15 is 0 Å². The standard InChI is InChI=1S/C16H14N2O3S/c19-12(15-7-16(8-15,9-15)13(20)21)18-14-17-6-11(22-14)10-4-2-1-3-5-10/h1-6H,7-9H2,(H,20,21)(H,17,18,19). The zero-order valence-electron chi connectivity index (χ0n) is 11.7. The van der Waals surface area contributed by atoms with Crippen molar-refractivity contribution in [1.82, 2.24) is 4.98 Å². The van der Waals surface area contributed by atoms with Gasteiger partial charge < -0.3 is 10.4 Å². The first kappa shape index (κ1) is 13.5. The molecule has 3 saturated carbocycles. The lowest BCUT2D eigenvalue weighted by Crippen LogP contribution is -2.69. The van der Waals surface area contributed by atoms with Crippen molar-refractivity contribution < 1.29 is 14.7 Å². The molecule has 0 spiro atoms. The van der Waals surface area contributed by atoms with Gasteiger partial charge in [0.2, 0.25) is 5.91 Å². The summed E-state index contributed by atoms with van der Waals surface area (Å²) in [6, 6.07) is 9.86. The first-order valence-electron chi connectivity index (χ1n) is 7.09. The van der Waals surface area contributed by atoms with Crippen LogP contribution in [-0.4, -0.2) is 22.0 Å². The van der Waals surface area contributed by atoms with Gasteiger partial charge in [-0.15, -0.1) is 0 Å². The molecule has 0 radical (unpaired) electrons. The number of aliphatic carboxylic acids is 1. The first-order valence-corrected chi connectivity index (χ1v) is 7.91. The van der Waals surface area contributed by atoms with Gasteiger partial charge >= 0.3 is 5.97 Å². The number of thiazole rings is 1. The number of hydrogen-bond donors (Lipinski definition) is 2. The Bertz CT molecular complexity index is 749.